The van der Waals surface area contributed by atoms with Crippen LogP contribution in [0.4, 0.5) is 5.69 Å². The van der Waals surface area contributed by atoms with Crippen LogP contribution in [0, 0.1) is 6.92 Å². The quantitative estimate of drug-likeness (QED) is 0.222. The van der Waals surface area contributed by atoms with Gasteiger partial charge in [-0.2, -0.15) is 0 Å². The molecular formula is C32H30N2O3S. The average Bonchev–Trinajstić information content (AvgIpc) is 3.22. The highest BCUT2D eigenvalue weighted by molar-refractivity contribution is 8.18. The molecule has 4 aromatic rings. The zero-order valence-electron chi connectivity index (χ0n) is 21.8. The van der Waals surface area contributed by atoms with Gasteiger partial charge >= 0.3 is 0 Å². The fraction of sp³-hybridized carbons (Fsp3) is 0.188. The van der Waals surface area contributed by atoms with Crippen molar-refractivity contribution in [1.82, 2.24) is 4.90 Å². The monoisotopic (exact) mass is 522 g/mol. The van der Waals surface area contributed by atoms with E-state index in [1.54, 1.807) is 12.0 Å². The van der Waals surface area contributed by atoms with Crippen LogP contribution in [0.3, 0.4) is 0 Å². The Labute approximate surface area is 227 Å². The normalized spacial score (nSPS) is 15.6. The average molecular weight is 523 g/mol. The predicted octanol–water partition coefficient (Wildman–Crippen LogP) is 7.75. The van der Waals surface area contributed by atoms with Gasteiger partial charge in [-0.15, -0.1) is 0 Å². The van der Waals surface area contributed by atoms with E-state index in [0.29, 0.717) is 34.7 Å². The van der Waals surface area contributed by atoms with Gasteiger partial charge < -0.3 is 9.47 Å². The SMILES string of the molecule is CCCN1C(=O)/C(=C\c2cccc(OC)c2OCc2cccc3ccccc23)SC1=Nc1ccc(C)cc1. The number of benzene rings is 4. The number of rotatable bonds is 8. The van der Waals surface area contributed by atoms with Gasteiger partial charge in [-0.05, 0) is 65.7 Å². The minimum Gasteiger partial charge on any atom is -0.493 e. The topological polar surface area (TPSA) is 51.1 Å². The molecule has 38 heavy (non-hydrogen) atoms. The molecule has 0 radical (unpaired) electrons. The molecule has 0 saturated carbocycles. The van der Waals surface area contributed by atoms with Crippen molar-refractivity contribution in [1.29, 1.82) is 0 Å². The van der Waals surface area contributed by atoms with Gasteiger partial charge in [0.15, 0.2) is 16.7 Å². The molecule has 1 saturated heterocycles. The zero-order chi connectivity index (χ0) is 26.5. The minimum atomic E-state index is -0.0504. The first kappa shape index (κ1) is 25.6. The van der Waals surface area contributed by atoms with Gasteiger partial charge in [0.1, 0.15) is 6.61 Å². The molecular weight excluding hydrogens is 492 g/mol. The number of carbonyl (C=O) groups excluding carboxylic acids is 1. The molecule has 0 spiro atoms. The lowest BCUT2D eigenvalue weighted by molar-refractivity contribution is -0.122. The molecule has 0 N–H and O–H groups in total. The second kappa shape index (κ2) is 11.6. The Morgan fingerprint density at radius 3 is 2.50 bits per heavy atom. The maximum atomic E-state index is 13.4. The largest absolute Gasteiger partial charge is 0.493 e. The number of hydrogen-bond acceptors (Lipinski definition) is 5. The molecule has 0 aromatic heterocycles. The van der Waals surface area contributed by atoms with Crippen LogP contribution in [0.15, 0.2) is 94.8 Å². The van der Waals surface area contributed by atoms with Crippen LogP contribution in [-0.4, -0.2) is 29.6 Å². The number of amidine groups is 1. The van der Waals surface area contributed by atoms with Crippen molar-refractivity contribution in [3.05, 3.63) is 107 Å². The van der Waals surface area contributed by atoms with Crippen molar-refractivity contribution in [3.8, 4) is 11.5 Å². The molecule has 6 heteroatoms. The summed E-state index contributed by atoms with van der Waals surface area (Å²) in [6.45, 7) is 5.09. The number of amides is 1. The molecule has 5 rings (SSSR count). The molecule has 0 unspecified atom stereocenters. The van der Waals surface area contributed by atoms with Gasteiger partial charge in [0.05, 0.1) is 17.7 Å². The lowest BCUT2D eigenvalue weighted by Gasteiger charge is -2.15. The van der Waals surface area contributed by atoms with Crippen LogP contribution in [0.25, 0.3) is 16.8 Å². The van der Waals surface area contributed by atoms with Crippen molar-refractivity contribution < 1.29 is 14.3 Å². The summed E-state index contributed by atoms with van der Waals surface area (Å²) in [6.07, 6.45) is 2.72. The number of aryl methyl sites for hydroxylation is 1. The second-order valence-electron chi connectivity index (χ2n) is 9.10. The third-order valence-corrected chi connectivity index (χ3v) is 7.37. The van der Waals surface area contributed by atoms with E-state index in [2.05, 4.69) is 31.2 Å². The van der Waals surface area contributed by atoms with Crippen molar-refractivity contribution in [2.45, 2.75) is 26.9 Å². The van der Waals surface area contributed by atoms with Crippen molar-refractivity contribution in [2.24, 2.45) is 4.99 Å². The second-order valence-corrected chi connectivity index (χ2v) is 10.1. The molecule has 1 fully saturated rings. The Morgan fingerprint density at radius 2 is 1.71 bits per heavy atom. The fourth-order valence-corrected chi connectivity index (χ4v) is 5.43. The van der Waals surface area contributed by atoms with Gasteiger partial charge in [-0.1, -0.05) is 79.2 Å². The van der Waals surface area contributed by atoms with E-state index >= 15 is 0 Å². The molecule has 1 heterocycles. The van der Waals surface area contributed by atoms with E-state index in [0.717, 1.165) is 28.6 Å². The molecule has 0 aliphatic carbocycles. The van der Waals surface area contributed by atoms with E-state index in [1.165, 1.54) is 22.7 Å². The van der Waals surface area contributed by atoms with E-state index in [9.17, 15) is 4.79 Å². The Hall–Kier alpha value is -4.03. The maximum absolute atomic E-state index is 13.4. The van der Waals surface area contributed by atoms with Crippen LogP contribution in [0.2, 0.25) is 0 Å². The van der Waals surface area contributed by atoms with Crippen LogP contribution in [0.5, 0.6) is 11.5 Å². The van der Waals surface area contributed by atoms with Gasteiger partial charge in [0.2, 0.25) is 0 Å². The number of aliphatic imine (C=N–C) groups is 1. The Bertz CT molecular complexity index is 1520. The third kappa shape index (κ3) is 5.46. The summed E-state index contributed by atoms with van der Waals surface area (Å²) >= 11 is 1.39. The summed E-state index contributed by atoms with van der Waals surface area (Å²) in [4.78, 5) is 20.6. The number of para-hydroxylation sites is 1. The number of thioether (sulfide) groups is 1. The van der Waals surface area contributed by atoms with Gasteiger partial charge in [-0.3, -0.25) is 9.69 Å². The molecule has 1 amide bonds. The smallest absolute Gasteiger partial charge is 0.266 e. The molecule has 1 aliphatic heterocycles. The number of ether oxygens (including phenoxy) is 2. The Balaban J connectivity index is 1.47. The van der Waals surface area contributed by atoms with Gasteiger partial charge in [-0.25, -0.2) is 4.99 Å². The standard InChI is InChI=1S/C32H30N2O3S/c1-4-19-34-31(35)29(38-32(34)33-26-17-15-22(2)16-18-26)20-24-11-8-14-28(36-3)30(24)37-21-25-12-7-10-23-9-5-6-13-27(23)25/h5-18,20H,4,19,21H2,1-3H3/b29-20+,33-32?. The number of fused-ring (bicyclic) bond motifs is 1. The fourth-order valence-electron chi connectivity index (χ4n) is 4.41. The highest BCUT2D eigenvalue weighted by Gasteiger charge is 2.33. The molecule has 0 bridgehead atoms. The first-order valence-electron chi connectivity index (χ1n) is 12.7. The van der Waals surface area contributed by atoms with Crippen molar-refractivity contribution in [2.75, 3.05) is 13.7 Å². The lowest BCUT2D eigenvalue weighted by atomic mass is 10.1. The van der Waals surface area contributed by atoms with E-state index in [1.807, 2.05) is 73.7 Å². The summed E-state index contributed by atoms with van der Waals surface area (Å²) in [6, 6.07) is 28.2. The van der Waals surface area contributed by atoms with Gasteiger partial charge in [0.25, 0.3) is 5.91 Å². The maximum Gasteiger partial charge on any atom is 0.266 e. The van der Waals surface area contributed by atoms with Gasteiger partial charge in [0, 0.05) is 12.1 Å². The Kier molecular flexibility index (Phi) is 7.80. The minimum absolute atomic E-state index is 0.0504. The molecule has 0 atom stereocenters. The first-order chi connectivity index (χ1) is 18.6. The van der Waals surface area contributed by atoms with Crippen LogP contribution in [0.1, 0.15) is 30.0 Å². The first-order valence-corrected chi connectivity index (χ1v) is 13.5. The molecule has 192 valence electrons. The van der Waals surface area contributed by atoms with Crippen LogP contribution < -0.4 is 9.47 Å². The molecule has 4 aromatic carbocycles. The summed E-state index contributed by atoms with van der Waals surface area (Å²) < 4.78 is 12.0. The van der Waals surface area contributed by atoms with E-state index in [-0.39, 0.29) is 5.91 Å². The van der Waals surface area contributed by atoms with Crippen LogP contribution >= 0.6 is 11.8 Å². The van der Waals surface area contributed by atoms with Crippen molar-refractivity contribution >= 4 is 45.4 Å². The number of hydrogen-bond donors (Lipinski definition) is 0. The summed E-state index contributed by atoms with van der Waals surface area (Å²) in [5.74, 6) is 1.18. The number of nitrogens with zero attached hydrogens (tertiary/aromatic N) is 2. The molecule has 5 nitrogen and oxygen atoms in total. The third-order valence-electron chi connectivity index (χ3n) is 6.36. The predicted molar refractivity (Wildman–Crippen MR) is 157 cm³/mol. The number of methoxy groups -OCH3 is 1. The Morgan fingerprint density at radius 1 is 0.947 bits per heavy atom. The van der Waals surface area contributed by atoms with E-state index in [4.69, 9.17) is 14.5 Å². The summed E-state index contributed by atoms with van der Waals surface area (Å²) in [5, 5.41) is 3.01. The summed E-state index contributed by atoms with van der Waals surface area (Å²) in [5.41, 5.74) is 3.87. The lowest BCUT2D eigenvalue weighted by Crippen LogP contribution is -2.29. The highest BCUT2D eigenvalue weighted by Crippen LogP contribution is 2.39. The van der Waals surface area contributed by atoms with Crippen LogP contribution in [-0.2, 0) is 11.4 Å². The zero-order valence-corrected chi connectivity index (χ0v) is 22.6. The molecule has 1 aliphatic rings. The number of carbonyl (C=O) groups is 1. The van der Waals surface area contributed by atoms with E-state index < -0.39 is 0 Å². The summed E-state index contributed by atoms with van der Waals surface area (Å²) in [7, 11) is 1.63. The van der Waals surface area contributed by atoms with Crippen molar-refractivity contribution in [3.63, 3.8) is 0 Å². The highest BCUT2D eigenvalue weighted by atomic mass is 32.2.